The molecule has 3 aromatic rings. The highest BCUT2D eigenvalue weighted by Crippen LogP contribution is 2.48. The highest BCUT2D eigenvalue weighted by atomic mass is 32.2. The molecule has 2 heterocycles. The molecule has 0 saturated heterocycles. The molecule has 2 aromatic heterocycles. The van der Waals surface area contributed by atoms with Crippen LogP contribution in [0.15, 0.2) is 85.7 Å². The Morgan fingerprint density at radius 2 is 1.43 bits per heavy atom. The molecule has 2 aliphatic rings. The first-order valence-corrected chi connectivity index (χ1v) is 13.3. The minimum atomic E-state index is -0.966. The fourth-order valence-electron chi connectivity index (χ4n) is 5.50. The van der Waals surface area contributed by atoms with Crippen molar-refractivity contribution in [1.29, 1.82) is 0 Å². The molecule has 2 aliphatic carbocycles. The van der Waals surface area contributed by atoms with E-state index in [0.717, 1.165) is 15.8 Å². The van der Waals surface area contributed by atoms with Gasteiger partial charge in [-0.2, -0.15) is 0 Å². The summed E-state index contributed by atoms with van der Waals surface area (Å²) in [5.74, 6) is -1.19. The molecule has 7 heteroatoms. The van der Waals surface area contributed by atoms with E-state index in [1.54, 1.807) is 18.3 Å². The first-order chi connectivity index (χ1) is 17.4. The van der Waals surface area contributed by atoms with E-state index in [1.165, 1.54) is 11.8 Å². The summed E-state index contributed by atoms with van der Waals surface area (Å²) in [5.41, 5.74) is 0.351. The van der Waals surface area contributed by atoms with E-state index in [0.29, 0.717) is 23.7 Å². The van der Waals surface area contributed by atoms with Gasteiger partial charge in [0.05, 0.1) is 11.4 Å². The normalized spacial score (nSPS) is 19.8. The maximum atomic E-state index is 13.4. The summed E-state index contributed by atoms with van der Waals surface area (Å²) in [7, 11) is 0. The summed E-state index contributed by atoms with van der Waals surface area (Å²) >= 11 is 1.40. The zero-order valence-electron chi connectivity index (χ0n) is 21.5. The Hall–Kier alpha value is -3.32. The molecule has 0 aliphatic heterocycles. The third-order valence-corrected chi connectivity index (χ3v) is 8.03. The molecule has 2 N–H and O–H groups in total. The van der Waals surface area contributed by atoms with Crippen LogP contribution in [0.4, 0.5) is 0 Å². The van der Waals surface area contributed by atoms with Crippen molar-refractivity contribution >= 4 is 34.2 Å². The number of aromatic nitrogens is 1. The molecular formula is C30H31NO5S. The SMILES string of the molecule is CC1(C)CC(=O)C(C(C2=C(O)CC(C)(C)CC2=O)c2ccc(Sc3cccc4cccnc34)o2)=C(O)C1. The lowest BCUT2D eigenvalue weighted by atomic mass is 9.68. The molecule has 0 fully saturated rings. The van der Waals surface area contributed by atoms with E-state index in [2.05, 4.69) is 4.98 Å². The van der Waals surface area contributed by atoms with E-state index in [9.17, 15) is 19.8 Å². The standard InChI is InChI=1S/C30H31NO5S/c1-29(2)13-18(32)25(19(33)14-29)27(26-20(34)15-30(3,4)16-21(26)35)22-10-11-24(36-22)37-23-9-5-7-17-8-6-12-31-28(17)23/h5-12,27,32,34H,13-16H2,1-4H3. The number of hydrogen-bond donors (Lipinski definition) is 2. The van der Waals surface area contributed by atoms with Gasteiger partial charge in [0.2, 0.25) is 0 Å². The van der Waals surface area contributed by atoms with Gasteiger partial charge in [-0.25, -0.2) is 0 Å². The number of benzene rings is 1. The van der Waals surface area contributed by atoms with Crippen molar-refractivity contribution in [2.45, 2.75) is 69.3 Å². The van der Waals surface area contributed by atoms with Gasteiger partial charge >= 0.3 is 0 Å². The number of rotatable bonds is 5. The molecule has 5 rings (SSSR count). The number of ketones is 2. The van der Waals surface area contributed by atoms with Crippen molar-refractivity contribution in [3.63, 3.8) is 0 Å². The van der Waals surface area contributed by atoms with Crippen LogP contribution in [0.25, 0.3) is 10.9 Å². The lowest BCUT2D eigenvalue weighted by molar-refractivity contribution is -0.119. The van der Waals surface area contributed by atoms with Gasteiger partial charge < -0.3 is 14.6 Å². The molecule has 37 heavy (non-hydrogen) atoms. The predicted octanol–water partition coefficient (Wildman–Crippen LogP) is 7.47. The van der Waals surface area contributed by atoms with Crippen LogP contribution in [0, 0.1) is 10.8 Å². The summed E-state index contributed by atoms with van der Waals surface area (Å²) < 4.78 is 6.24. The number of Topliss-reactive ketones (excluding diaryl/α,β-unsaturated/α-hetero) is 2. The summed E-state index contributed by atoms with van der Waals surface area (Å²) in [6.45, 7) is 7.71. The molecule has 0 unspecified atom stereocenters. The Labute approximate surface area is 220 Å². The lowest BCUT2D eigenvalue weighted by Gasteiger charge is -2.35. The fraction of sp³-hybridized carbons (Fsp3) is 0.367. The summed E-state index contributed by atoms with van der Waals surface area (Å²) in [5, 5.41) is 23.7. The molecule has 192 valence electrons. The van der Waals surface area contributed by atoms with Gasteiger partial charge in [0.15, 0.2) is 16.7 Å². The fourth-order valence-corrected chi connectivity index (χ4v) is 6.40. The molecule has 0 amide bonds. The molecular weight excluding hydrogens is 486 g/mol. The number of aliphatic hydroxyl groups excluding tert-OH is 2. The van der Waals surface area contributed by atoms with Gasteiger partial charge in [-0.05, 0) is 46.9 Å². The number of carbonyl (C=O) groups excluding carboxylic acids is 2. The number of furan rings is 1. The Morgan fingerprint density at radius 3 is 2.03 bits per heavy atom. The zero-order chi connectivity index (χ0) is 26.5. The van der Waals surface area contributed by atoms with Crippen LogP contribution in [-0.2, 0) is 9.59 Å². The molecule has 0 atom stereocenters. The molecule has 0 radical (unpaired) electrons. The van der Waals surface area contributed by atoms with Crippen LogP contribution in [0.1, 0.15) is 65.1 Å². The smallest absolute Gasteiger partial charge is 0.165 e. The van der Waals surface area contributed by atoms with Crippen LogP contribution < -0.4 is 0 Å². The van der Waals surface area contributed by atoms with Crippen LogP contribution in [0.2, 0.25) is 0 Å². The third kappa shape index (κ3) is 4.97. The number of fused-ring (bicyclic) bond motifs is 1. The van der Waals surface area contributed by atoms with Crippen molar-refractivity contribution in [2.75, 3.05) is 0 Å². The number of hydrogen-bond acceptors (Lipinski definition) is 7. The van der Waals surface area contributed by atoms with Crippen LogP contribution in [0.5, 0.6) is 0 Å². The van der Waals surface area contributed by atoms with Crippen molar-refractivity contribution in [3.8, 4) is 0 Å². The highest BCUT2D eigenvalue weighted by Gasteiger charge is 2.44. The van der Waals surface area contributed by atoms with Crippen LogP contribution in [0.3, 0.4) is 0 Å². The first kappa shape index (κ1) is 25.3. The quantitative estimate of drug-likeness (QED) is 0.362. The largest absolute Gasteiger partial charge is 0.512 e. The third-order valence-electron chi connectivity index (χ3n) is 7.06. The van der Waals surface area contributed by atoms with E-state index in [4.69, 9.17) is 4.42 Å². The van der Waals surface area contributed by atoms with Crippen molar-refractivity contribution in [3.05, 3.63) is 77.1 Å². The second kappa shape index (κ2) is 9.21. The number of aliphatic hydroxyl groups is 2. The first-order valence-electron chi connectivity index (χ1n) is 12.5. The number of carbonyl (C=O) groups is 2. The maximum absolute atomic E-state index is 13.4. The number of nitrogens with zero attached hydrogens (tertiary/aromatic N) is 1. The van der Waals surface area contributed by atoms with Crippen LogP contribution in [-0.4, -0.2) is 26.8 Å². The second-order valence-electron chi connectivity index (χ2n) is 11.6. The maximum Gasteiger partial charge on any atom is 0.165 e. The van der Waals surface area contributed by atoms with E-state index in [-0.39, 0.29) is 47.1 Å². The average Bonchev–Trinajstić information content (AvgIpc) is 3.24. The highest BCUT2D eigenvalue weighted by molar-refractivity contribution is 7.99. The number of allylic oxidation sites excluding steroid dienone is 4. The minimum Gasteiger partial charge on any atom is -0.512 e. The predicted molar refractivity (Wildman–Crippen MR) is 143 cm³/mol. The Morgan fingerprint density at radius 1 is 0.838 bits per heavy atom. The average molecular weight is 518 g/mol. The van der Waals surface area contributed by atoms with Crippen LogP contribution >= 0.6 is 11.8 Å². The summed E-state index contributed by atoms with van der Waals surface area (Å²) in [4.78, 5) is 32.2. The van der Waals surface area contributed by atoms with Crippen molar-refractivity contribution < 1.29 is 24.2 Å². The zero-order valence-corrected chi connectivity index (χ0v) is 22.3. The molecule has 0 saturated carbocycles. The topological polar surface area (TPSA) is 101 Å². The number of pyridine rings is 1. The van der Waals surface area contributed by atoms with Gasteiger partial charge in [-0.15, -0.1) is 0 Å². The monoisotopic (exact) mass is 517 g/mol. The van der Waals surface area contributed by atoms with E-state index >= 15 is 0 Å². The summed E-state index contributed by atoms with van der Waals surface area (Å²) in [6.07, 6.45) is 2.83. The minimum absolute atomic E-state index is 0.0481. The van der Waals surface area contributed by atoms with Gasteiger partial charge in [-0.1, -0.05) is 45.9 Å². The molecule has 0 bridgehead atoms. The van der Waals surface area contributed by atoms with Gasteiger partial charge in [-0.3, -0.25) is 14.6 Å². The van der Waals surface area contributed by atoms with Gasteiger partial charge in [0.1, 0.15) is 17.3 Å². The Balaban J connectivity index is 1.60. The number of para-hydroxylation sites is 1. The molecule has 0 spiro atoms. The molecule has 1 aromatic carbocycles. The Bertz CT molecular complexity index is 1420. The summed E-state index contributed by atoms with van der Waals surface area (Å²) in [6, 6.07) is 13.3. The Kier molecular flexibility index (Phi) is 6.31. The second-order valence-corrected chi connectivity index (χ2v) is 12.7. The van der Waals surface area contributed by atoms with Crippen molar-refractivity contribution in [1.82, 2.24) is 4.98 Å². The van der Waals surface area contributed by atoms with Gasteiger partial charge in [0.25, 0.3) is 0 Å². The molecule has 6 nitrogen and oxygen atoms in total. The van der Waals surface area contributed by atoms with Gasteiger partial charge in [0, 0.05) is 53.3 Å². The van der Waals surface area contributed by atoms with E-state index < -0.39 is 16.7 Å². The van der Waals surface area contributed by atoms with Crippen molar-refractivity contribution in [2.24, 2.45) is 10.8 Å². The lowest BCUT2D eigenvalue weighted by Crippen LogP contribution is -2.33. The van der Waals surface area contributed by atoms with E-state index in [1.807, 2.05) is 58.0 Å².